The highest BCUT2D eigenvalue weighted by molar-refractivity contribution is 9.10. The molecule has 0 radical (unpaired) electrons. The molecule has 3 aromatic carbocycles. The molecule has 1 heterocycles. The van der Waals surface area contributed by atoms with Crippen molar-refractivity contribution in [1.29, 1.82) is 0 Å². The van der Waals surface area contributed by atoms with Crippen LogP contribution >= 0.6 is 27.7 Å². The Kier molecular flexibility index (Phi) is 9.85. The van der Waals surface area contributed by atoms with Crippen LogP contribution in [0.4, 0.5) is 4.79 Å². The Balaban J connectivity index is 1.52. The third-order valence-corrected chi connectivity index (χ3v) is 7.41. The number of halogens is 1. The first-order chi connectivity index (χ1) is 18.5. The van der Waals surface area contributed by atoms with Crippen LogP contribution in [0.5, 0.6) is 11.5 Å². The fraction of sp³-hybridized carbons (Fsp3) is 0.226. The van der Waals surface area contributed by atoms with Crippen LogP contribution in [0.3, 0.4) is 0 Å². The van der Waals surface area contributed by atoms with E-state index in [1.807, 2.05) is 67.6 Å². The minimum Gasteiger partial charge on any atom is -0.490 e. The van der Waals surface area contributed by atoms with E-state index in [1.54, 1.807) is 6.08 Å². The Labute approximate surface area is 236 Å². The van der Waals surface area contributed by atoms with Crippen molar-refractivity contribution in [2.75, 3.05) is 13.2 Å². The lowest BCUT2D eigenvalue weighted by atomic mass is 10.0. The van der Waals surface area contributed by atoms with Crippen molar-refractivity contribution in [2.45, 2.75) is 32.8 Å². The van der Waals surface area contributed by atoms with Gasteiger partial charge in [-0.1, -0.05) is 64.5 Å². The number of hydrogen-bond acceptors (Lipinski definition) is 5. The smallest absolute Gasteiger partial charge is 0.293 e. The molecule has 1 fully saturated rings. The zero-order chi connectivity index (χ0) is 26.9. The Hall–Kier alpha value is -3.29. The molecule has 0 unspecified atom stereocenters. The minimum atomic E-state index is -0.258. The zero-order valence-corrected chi connectivity index (χ0v) is 23.7. The molecule has 196 valence electrons. The minimum absolute atomic E-state index is 0.236. The number of amides is 2. The molecule has 4 rings (SSSR count). The molecule has 0 aliphatic carbocycles. The summed E-state index contributed by atoms with van der Waals surface area (Å²) in [6.45, 7) is 7.05. The monoisotopic (exact) mass is 591 g/mol. The van der Waals surface area contributed by atoms with E-state index < -0.39 is 0 Å². The van der Waals surface area contributed by atoms with Gasteiger partial charge in [0.15, 0.2) is 11.5 Å². The number of thioether (sulfide) groups is 1. The quantitative estimate of drug-likeness (QED) is 0.159. The molecular formula is C31H30BrNO4S. The number of ether oxygens (including phenoxy) is 2. The number of benzene rings is 3. The van der Waals surface area contributed by atoms with E-state index in [0.717, 1.165) is 45.8 Å². The summed E-state index contributed by atoms with van der Waals surface area (Å²) in [5, 5.41) is -0.236. The molecule has 0 saturated carbocycles. The van der Waals surface area contributed by atoms with Gasteiger partial charge in [0.25, 0.3) is 11.1 Å². The van der Waals surface area contributed by atoms with Crippen molar-refractivity contribution in [3.63, 3.8) is 0 Å². The summed E-state index contributed by atoms with van der Waals surface area (Å²) in [6, 6.07) is 21.8. The van der Waals surface area contributed by atoms with Crippen LogP contribution in [0, 0.1) is 0 Å². The highest BCUT2D eigenvalue weighted by Crippen LogP contribution is 2.38. The van der Waals surface area contributed by atoms with Crippen LogP contribution in [-0.2, 0) is 24.2 Å². The first-order valence-electron chi connectivity index (χ1n) is 12.6. The largest absolute Gasteiger partial charge is 0.490 e. The molecule has 0 aromatic heterocycles. The number of carbonyl (C=O) groups excluding carboxylic acids is 2. The third-order valence-electron chi connectivity index (χ3n) is 5.98. The number of aryl methyl sites for hydroxylation is 1. The first kappa shape index (κ1) is 27.7. The summed E-state index contributed by atoms with van der Waals surface area (Å²) in [5.74, 6) is 0.991. The van der Waals surface area contributed by atoms with Gasteiger partial charge in [0, 0.05) is 16.6 Å². The maximum Gasteiger partial charge on any atom is 0.293 e. The average Bonchev–Trinajstić information content (AvgIpc) is 3.17. The summed E-state index contributed by atoms with van der Waals surface area (Å²) in [4.78, 5) is 27.4. The van der Waals surface area contributed by atoms with Crippen molar-refractivity contribution < 1.29 is 19.1 Å². The molecule has 38 heavy (non-hydrogen) atoms. The van der Waals surface area contributed by atoms with E-state index in [2.05, 4.69) is 34.6 Å². The highest BCUT2D eigenvalue weighted by atomic mass is 79.9. The van der Waals surface area contributed by atoms with Gasteiger partial charge >= 0.3 is 0 Å². The fourth-order valence-electron chi connectivity index (χ4n) is 4.17. The topological polar surface area (TPSA) is 55.8 Å². The standard InChI is InChI=1S/C31H30BrNO4S/c1-3-9-25-18-24(19-27(36-4-2)29(25)37-21-23-13-15-26(32)16-14-23)20-28-30(34)33(31(35)38-28)17-8-12-22-10-6-5-7-11-22/h3,5-7,10-11,13-16,18-20H,1,4,8-9,12,17,21H2,2H3/b28-20+. The van der Waals surface area contributed by atoms with Crippen molar-refractivity contribution >= 4 is 44.9 Å². The van der Waals surface area contributed by atoms with Crippen LogP contribution in [0.2, 0.25) is 0 Å². The van der Waals surface area contributed by atoms with Crippen LogP contribution in [0.25, 0.3) is 6.08 Å². The lowest BCUT2D eigenvalue weighted by Crippen LogP contribution is -2.29. The van der Waals surface area contributed by atoms with Crippen molar-refractivity contribution in [2.24, 2.45) is 0 Å². The summed E-state index contributed by atoms with van der Waals surface area (Å²) in [5.41, 5.74) is 3.90. The molecule has 0 spiro atoms. The van der Waals surface area contributed by atoms with Crippen molar-refractivity contribution in [1.82, 2.24) is 4.90 Å². The van der Waals surface area contributed by atoms with Crippen LogP contribution in [-0.4, -0.2) is 29.2 Å². The van der Waals surface area contributed by atoms with Crippen molar-refractivity contribution in [3.05, 3.63) is 111 Å². The van der Waals surface area contributed by atoms with Gasteiger partial charge in [0.05, 0.1) is 11.5 Å². The van der Waals surface area contributed by atoms with Gasteiger partial charge in [0.2, 0.25) is 0 Å². The van der Waals surface area contributed by atoms with Crippen LogP contribution in [0.15, 0.2) is 88.8 Å². The average molecular weight is 593 g/mol. The zero-order valence-electron chi connectivity index (χ0n) is 21.3. The molecule has 7 heteroatoms. The maximum absolute atomic E-state index is 13.1. The molecule has 0 atom stereocenters. The van der Waals surface area contributed by atoms with E-state index in [1.165, 1.54) is 10.5 Å². The van der Waals surface area contributed by atoms with Crippen LogP contribution < -0.4 is 9.47 Å². The second-order valence-corrected chi connectivity index (χ2v) is 10.7. The molecule has 1 saturated heterocycles. The number of carbonyl (C=O) groups is 2. The summed E-state index contributed by atoms with van der Waals surface area (Å²) in [6.07, 6.45) is 5.67. The molecule has 0 bridgehead atoms. The lowest BCUT2D eigenvalue weighted by molar-refractivity contribution is -0.122. The van der Waals surface area contributed by atoms with E-state index in [0.29, 0.717) is 42.6 Å². The van der Waals surface area contributed by atoms with Gasteiger partial charge < -0.3 is 9.47 Å². The number of imide groups is 1. The van der Waals surface area contributed by atoms with E-state index >= 15 is 0 Å². The van der Waals surface area contributed by atoms with Gasteiger partial charge in [-0.3, -0.25) is 14.5 Å². The predicted octanol–water partition coefficient (Wildman–Crippen LogP) is 7.82. The second kappa shape index (κ2) is 13.5. The number of nitrogens with zero attached hydrogens (tertiary/aromatic N) is 1. The Morgan fingerprint density at radius 1 is 1.00 bits per heavy atom. The number of allylic oxidation sites excluding steroid dienone is 1. The van der Waals surface area contributed by atoms with E-state index in [9.17, 15) is 9.59 Å². The van der Waals surface area contributed by atoms with Gasteiger partial charge in [-0.2, -0.15) is 0 Å². The Morgan fingerprint density at radius 3 is 2.47 bits per heavy atom. The summed E-state index contributed by atoms with van der Waals surface area (Å²) >= 11 is 4.43. The lowest BCUT2D eigenvalue weighted by Gasteiger charge is -2.17. The molecular weight excluding hydrogens is 562 g/mol. The van der Waals surface area contributed by atoms with Crippen molar-refractivity contribution in [3.8, 4) is 11.5 Å². The Bertz CT molecular complexity index is 1320. The van der Waals surface area contributed by atoms with Gasteiger partial charge in [0.1, 0.15) is 6.61 Å². The fourth-order valence-corrected chi connectivity index (χ4v) is 5.30. The summed E-state index contributed by atoms with van der Waals surface area (Å²) in [7, 11) is 0. The number of rotatable bonds is 12. The first-order valence-corrected chi connectivity index (χ1v) is 14.2. The summed E-state index contributed by atoms with van der Waals surface area (Å²) < 4.78 is 13.2. The second-order valence-electron chi connectivity index (χ2n) is 8.77. The SMILES string of the molecule is C=CCc1cc(/C=C2/SC(=O)N(CCCc3ccccc3)C2=O)cc(OCC)c1OCc1ccc(Br)cc1. The molecule has 1 aliphatic heterocycles. The van der Waals surface area contributed by atoms with E-state index in [-0.39, 0.29) is 11.1 Å². The van der Waals surface area contributed by atoms with E-state index in [4.69, 9.17) is 9.47 Å². The maximum atomic E-state index is 13.1. The normalized spacial score (nSPS) is 14.3. The van der Waals surface area contributed by atoms with Gasteiger partial charge in [-0.05, 0) is 85.0 Å². The molecule has 2 amide bonds. The molecule has 0 N–H and O–H groups in total. The third kappa shape index (κ3) is 7.17. The van der Waals surface area contributed by atoms with Gasteiger partial charge in [-0.25, -0.2) is 0 Å². The highest BCUT2D eigenvalue weighted by Gasteiger charge is 2.34. The Morgan fingerprint density at radius 2 is 1.76 bits per heavy atom. The predicted molar refractivity (Wildman–Crippen MR) is 157 cm³/mol. The van der Waals surface area contributed by atoms with Gasteiger partial charge in [-0.15, -0.1) is 6.58 Å². The number of hydrogen-bond donors (Lipinski definition) is 0. The molecule has 3 aromatic rings. The molecule has 1 aliphatic rings. The molecule has 5 nitrogen and oxygen atoms in total. The van der Waals surface area contributed by atoms with Crippen LogP contribution in [0.1, 0.15) is 35.6 Å².